The molecule has 0 fully saturated rings. The lowest BCUT2D eigenvalue weighted by Crippen LogP contribution is -2.34. The van der Waals surface area contributed by atoms with Crippen LogP contribution in [0.2, 0.25) is 5.02 Å². The predicted molar refractivity (Wildman–Crippen MR) is 111 cm³/mol. The molecule has 1 amide bonds. The fraction of sp³-hybridized carbons (Fsp3) is 0.158. The summed E-state index contributed by atoms with van der Waals surface area (Å²) in [6.07, 6.45) is 0.337. The smallest absolute Gasteiger partial charge is 0.294 e. The molecule has 3 rings (SSSR count). The number of halogens is 1. The van der Waals surface area contributed by atoms with Crippen LogP contribution in [0.3, 0.4) is 0 Å². The number of aromatic nitrogens is 3. The minimum atomic E-state index is -0.438. The van der Waals surface area contributed by atoms with Gasteiger partial charge in [0.2, 0.25) is 11.1 Å². The van der Waals surface area contributed by atoms with E-state index < -0.39 is 5.56 Å². The second kappa shape index (κ2) is 8.90. The second-order valence-corrected chi connectivity index (χ2v) is 7.44. The molecule has 0 aliphatic heterocycles. The van der Waals surface area contributed by atoms with Gasteiger partial charge in [0.05, 0.1) is 5.75 Å². The molecule has 1 heterocycles. The normalized spacial score (nSPS) is 10.6. The summed E-state index contributed by atoms with van der Waals surface area (Å²) in [5.41, 5.74) is 2.27. The Morgan fingerprint density at radius 2 is 1.96 bits per heavy atom. The number of nitrogen functional groups attached to an aromatic ring is 1. The summed E-state index contributed by atoms with van der Waals surface area (Å²) >= 11 is 6.99. The Hall–Kier alpha value is -2.84. The molecule has 0 saturated carbocycles. The molecule has 28 heavy (non-hydrogen) atoms. The standard InChI is InChI=1S/C19H18ClN5O2S/c1-12-7-8-14(20)10-15(12)22-17(26)11-28-19-24-23-16(18(27)25(19)21)9-13-5-3-2-4-6-13/h2-8,10H,9,11,21H2,1H3,(H,22,26). The van der Waals surface area contributed by atoms with Crippen LogP contribution in [0, 0.1) is 6.92 Å². The maximum Gasteiger partial charge on any atom is 0.294 e. The third kappa shape index (κ3) is 4.90. The molecule has 7 nitrogen and oxygen atoms in total. The maximum absolute atomic E-state index is 12.4. The number of carbonyl (C=O) groups is 1. The summed E-state index contributed by atoms with van der Waals surface area (Å²) in [5, 5.41) is 11.5. The Bertz CT molecular complexity index is 1060. The van der Waals surface area contributed by atoms with E-state index in [4.69, 9.17) is 17.4 Å². The minimum Gasteiger partial charge on any atom is -0.334 e. The zero-order valence-electron chi connectivity index (χ0n) is 15.1. The third-order valence-electron chi connectivity index (χ3n) is 3.95. The zero-order chi connectivity index (χ0) is 20.1. The molecule has 0 bridgehead atoms. The van der Waals surface area contributed by atoms with Crippen molar-refractivity contribution in [3.05, 3.63) is 80.7 Å². The van der Waals surface area contributed by atoms with Crippen molar-refractivity contribution in [1.29, 1.82) is 0 Å². The maximum atomic E-state index is 12.4. The monoisotopic (exact) mass is 415 g/mol. The van der Waals surface area contributed by atoms with Crippen molar-refractivity contribution in [1.82, 2.24) is 14.9 Å². The van der Waals surface area contributed by atoms with Gasteiger partial charge in [-0.15, -0.1) is 10.2 Å². The highest BCUT2D eigenvalue weighted by atomic mass is 35.5. The first-order valence-electron chi connectivity index (χ1n) is 8.40. The summed E-state index contributed by atoms with van der Waals surface area (Å²) in [6.45, 7) is 1.87. The highest BCUT2D eigenvalue weighted by Crippen LogP contribution is 2.21. The quantitative estimate of drug-likeness (QED) is 0.474. The van der Waals surface area contributed by atoms with Gasteiger partial charge in [-0.05, 0) is 30.2 Å². The van der Waals surface area contributed by atoms with Gasteiger partial charge in [0.25, 0.3) is 5.56 Å². The number of thioether (sulfide) groups is 1. The number of amides is 1. The number of rotatable bonds is 6. The molecule has 9 heteroatoms. The summed E-state index contributed by atoms with van der Waals surface area (Å²) in [7, 11) is 0. The van der Waals surface area contributed by atoms with Crippen molar-refractivity contribution in [2.75, 3.05) is 16.9 Å². The summed E-state index contributed by atoms with van der Waals surface area (Å²) < 4.78 is 0.924. The molecule has 0 aliphatic rings. The molecule has 0 aliphatic carbocycles. The fourth-order valence-electron chi connectivity index (χ4n) is 2.46. The van der Waals surface area contributed by atoms with Gasteiger partial charge in [0, 0.05) is 17.1 Å². The van der Waals surface area contributed by atoms with Gasteiger partial charge < -0.3 is 11.2 Å². The molecule has 2 aromatic carbocycles. The number of hydrogen-bond acceptors (Lipinski definition) is 6. The number of benzene rings is 2. The van der Waals surface area contributed by atoms with Crippen LogP contribution >= 0.6 is 23.4 Å². The van der Waals surface area contributed by atoms with Crippen LogP contribution in [-0.4, -0.2) is 26.5 Å². The molecule has 0 saturated heterocycles. The zero-order valence-corrected chi connectivity index (χ0v) is 16.6. The Morgan fingerprint density at radius 3 is 2.71 bits per heavy atom. The average Bonchev–Trinajstić information content (AvgIpc) is 2.68. The first-order valence-corrected chi connectivity index (χ1v) is 9.77. The van der Waals surface area contributed by atoms with Crippen LogP contribution in [0.5, 0.6) is 0 Å². The van der Waals surface area contributed by atoms with E-state index in [9.17, 15) is 9.59 Å². The second-order valence-electron chi connectivity index (χ2n) is 6.06. The molecular weight excluding hydrogens is 398 g/mol. The van der Waals surface area contributed by atoms with E-state index >= 15 is 0 Å². The van der Waals surface area contributed by atoms with E-state index in [1.54, 1.807) is 12.1 Å². The summed E-state index contributed by atoms with van der Waals surface area (Å²) in [5.74, 6) is 5.61. The Balaban J connectivity index is 1.66. The Labute approximate surface area is 170 Å². The van der Waals surface area contributed by atoms with Gasteiger partial charge in [-0.25, -0.2) is 0 Å². The van der Waals surface area contributed by atoms with E-state index in [0.29, 0.717) is 17.1 Å². The summed E-state index contributed by atoms with van der Waals surface area (Å²) in [4.78, 5) is 24.6. The van der Waals surface area contributed by atoms with Gasteiger partial charge in [0.1, 0.15) is 5.69 Å². The number of aryl methyl sites for hydroxylation is 1. The molecule has 144 valence electrons. The third-order valence-corrected chi connectivity index (χ3v) is 5.13. The lowest BCUT2D eigenvalue weighted by Gasteiger charge is -2.10. The van der Waals surface area contributed by atoms with Gasteiger partial charge in [0.15, 0.2) is 0 Å². The van der Waals surface area contributed by atoms with Crippen LogP contribution in [0.1, 0.15) is 16.8 Å². The van der Waals surface area contributed by atoms with Crippen LogP contribution in [0.15, 0.2) is 58.5 Å². The first kappa shape index (κ1) is 19.9. The number of hydrogen-bond donors (Lipinski definition) is 2. The van der Waals surface area contributed by atoms with Gasteiger partial charge in [-0.3, -0.25) is 9.59 Å². The fourth-order valence-corrected chi connectivity index (χ4v) is 3.29. The van der Waals surface area contributed by atoms with Crippen LogP contribution in [0.4, 0.5) is 5.69 Å². The average molecular weight is 416 g/mol. The minimum absolute atomic E-state index is 0.0231. The molecule has 3 aromatic rings. The topological polar surface area (TPSA) is 103 Å². The van der Waals surface area contributed by atoms with Gasteiger partial charge in [-0.1, -0.05) is 59.8 Å². The molecule has 3 N–H and O–H groups in total. The van der Waals surface area contributed by atoms with Gasteiger partial charge >= 0.3 is 0 Å². The first-order chi connectivity index (χ1) is 13.4. The number of anilines is 1. The van der Waals surface area contributed by atoms with Gasteiger partial charge in [-0.2, -0.15) is 4.68 Å². The highest BCUT2D eigenvalue weighted by Gasteiger charge is 2.13. The van der Waals surface area contributed by atoms with Crippen LogP contribution < -0.4 is 16.7 Å². The van der Waals surface area contributed by atoms with E-state index in [2.05, 4.69) is 15.5 Å². The van der Waals surface area contributed by atoms with Crippen molar-refractivity contribution in [2.45, 2.75) is 18.5 Å². The SMILES string of the molecule is Cc1ccc(Cl)cc1NC(=O)CSc1nnc(Cc2ccccc2)c(=O)n1N. The highest BCUT2D eigenvalue weighted by molar-refractivity contribution is 7.99. The predicted octanol–water partition coefficient (Wildman–Crippen LogP) is 2.64. The van der Waals surface area contributed by atoms with Crippen molar-refractivity contribution in [3.63, 3.8) is 0 Å². The van der Waals surface area contributed by atoms with E-state index in [1.807, 2.05) is 43.3 Å². The van der Waals surface area contributed by atoms with Crippen LogP contribution in [-0.2, 0) is 11.2 Å². The van der Waals surface area contributed by atoms with Crippen LogP contribution in [0.25, 0.3) is 0 Å². The molecule has 0 radical (unpaired) electrons. The van der Waals surface area contributed by atoms with E-state index in [1.165, 1.54) is 0 Å². The molecule has 0 atom stereocenters. The number of nitrogens with zero attached hydrogens (tertiary/aromatic N) is 3. The van der Waals surface area contributed by atoms with E-state index in [0.717, 1.165) is 27.6 Å². The lowest BCUT2D eigenvalue weighted by molar-refractivity contribution is -0.113. The van der Waals surface area contributed by atoms with Crippen molar-refractivity contribution in [3.8, 4) is 0 Å². The van der Waals surface area contributed by atoms with Crippen molar-refractivity contribution < 1.29 is 4.79 Å². The largest absolute Gasteiger partial charge is 0.334 e. The molecule has 0 unspecified atom stereocenters. The summed E-state index contributed by atoms with van der Waals surface area (Å²) in [6, 6.07) is 14.7. The van der Waals surface area contributed by atoms with E-state index in [-0.39, 0.29) is 22.5 Å². The van der Waals surface area contributed by atoms with Crippen molar-refractivity contribution >= 4 is 35.0 Å². The number of carbonyl (C=O) groups excluding carboxylic acids is 1. The molecule has 1 aromatic heterocycles. The number of nitrogens with one attached hydrogen (secondary N) is 1. The Morgan fingerprint density at radius 1 is 1.21 bits per heavy atom. The molecular formula is C19H18ClN5O2S. The molecule has 0 spiro atoms. The Kier molecular flexibility index (Phi) is 6.33. The lowest BCUT2D eigenvalue weighted by atomic mass is 10.1. The number of nitrogens with two attached hydrogens (primary N) is 1. The van der Waals surface area contributed by atoms with Crippen molar-refractivity contribution in [2.24, 2.45) is 0 Å².